The molecule has 1 rings (SSSR count). The zero-order chi connectivity index (χ0) is 10.9. The van der Waals surface area contributed by atoms with Crippen molar-refractivity contribution in [2.45, 2.75) is 19.4 Å². The second-order valence-corrected chi connectivity index (χ2v) is 3.90. The SMILES string of the molecule is CC(O)Cc1cc(Br)c(O)c(F)c1F. The van der Waals surface area contributed by atoms with Crippen LogP contribution in [0.25, 0.3) is 0 Å². The highest BCUT2D eigenvalue weighted by molar-refractivity contribution is 9.10. The molecule has 2 N–H and O–H groups in total. The normalized spacial score (nSPS) is 12.9. The minimum atomic E-state index is -1.30. The standard InChI is InChI=1S/C9H9BrF2O2/c1-4(13)2-5-3-6(10)9(14)8(12)7(5)11/h3-4,13-14H,2H2,1H3. The summed E-state index contributed by atoms with van der Waals surface area (Å²) in [5.74, 6) is -3.17. The molecule has 1 unspecified atom stereocenters. The van der Waals surface area contributed by atoms with Crippen LogP contribution in [0.1, 0.15) is 12.5 Å². The molecule has 0 fully saturated rings. The van der Waals surface area contributed by atoms with Crippen LogP contribution >= 0.6 is 15.9 Å². The fraction of sp³-hybridized carbons (Fsp3) is 0.333. The van der Waals surface area contributed by atoms with E-state index in [1.807, 2.05) is 0 Å². The maximum absolute atomic E-state index is 13.1. The summed E-state index contributed by atoms with van der Waals surface area (Å²) in [6.45, 7) is 1.47. The number of rotatable bonds is 2. The van der Waals surface area contributed by atoms with Crippen LogP contribution in [0.4, 0.5) is 8.78 Å². The molecule has 0 radical (unpaired) electrons. The van der Waals surface area contributed by atoms with Gasteiger partial charge in [0.15, 0.2) is 11.6 Å². The van der Waals surface area contributed by atoms with Gasteiger partial charge in [0.2, 0.25) is 5.82 Å². The van der Waals surface area contributed by atoms with Gasteiger partial charge in [0.05, 0.1) is 10.6 Å². The molecule has 0 spiro atoms. The molecular formula is C9H9BrF2O2. The molecule has 0 aliphatic carbocycles. The van der Waals surface area contributed by atoms with Crippen LogP contribution in [0.2, 0.25) is 0 Å². The summed E-state index contributed by atoms with van der Waals surface area (Å²) in [5.41, 5.74) is 0.0298. The van der Waals surface area contributed by atoms with Gasteiger partial charge in [0.25, 0.3) is 0 Å². The summed E-state index contributed by atoms with van der Waals surface area (Å²) in [7, 11) is 0. The van der Waals surface area contributed by atoms with E-state index in [0.29, 0.717) is 0 Å². The van der Waals surface area contributed by atoms with Gasteiger partial charge < -0.3 is 10.2 Å². The van der Waals surface area contributed by atoms with Crippen molar-refractivity contribution in [2.75, 3.05) is 0 Å². The quantitative estimate of drug-likeness (QED) is 0.807. The Balaban J connectivity index is 3.19. The third-order valence-electron chi connectivity index (χ3n) is 1.73. The van der Waals surface area contributed by atoms with Gasteiger partial charge in [0.1, 0.15) is 0 Å². The van der Waals surface area contributed by atoms with Gasteiger partial charge in [-0.05, 0) is 34.5 Å². The van der Waals surface area contributed by atoms with Crippen molar-refractivity contribution in [1.29, 1.82) is 0 Å². The number of phenols is 1. The zero-order valence-electron chi connectivity index (χ0n) is 7.39. The van der Waals surface area contributed by atoms with E-state index >= 15 is 0 Å². The van der Waals surface area contributed by atoms with Crippen molar-refractivity contribution in [2.24, 2.45) is 0 Å². The second kappa shape index (κ2) is 4.23. The lowest BCUT2D eigenvalue weighted by molar-refractivity contribution is 0.193. The maximum Gasteiger partial charge on any atom is 0.201 e. The summed E-state index contributed by atoms with van der Waals surface area (Å²) in [6, 6.07) is 1.25. The number of hydrogen-bond donors (Lipinski definition) is 2. The van der Waals surface area contributed by atoms with Gasteiger partial charge >= 0.3 is 0 Å². The molecule has 0 aromatic heterocycles. The van der Waals surface area contributed by atoms with Crippen molar-refractivity contribution < 1.29 is 19.0 Å². The summed E-state index contributed by atoms with van der Waals surface area (Å²) in [4.78, 5) is 0. The molecule has 0 heterocycles. The first-order chi connectivity index (χ1) is 6.43. The van der Waals surface area contributed by atoms with Crippen molar-refractivity contribution >= 4 is 15.9 Å². The molecule has 1 atom stereocenters. The number of hydrogen-bond acceptors (Lipinski definition) is 2. The minimum absolute atomic E-state index is 0.00162. The van der Waals surface area contributed by atoms with E-state index in [-0.39, 0.29) is 16.5 Å². The summed E-state index contributed by atoms with van der Waals surface area (Å²) < 4.78 is 26.2. The molecule has 5 heteroatoms. The third kappa shape index (κ3) is 2.22. The molecule has 2 nitrogen and oxygen atoms in total. The van der Waals surface area contributed by atoms with Gasteiger partial charge in [-0.2, -0.15) is 4.39 Å². The minimum Gasteiger partial charge on any atom is -0.504 e. The molecule has 0 saturated carbocycles. The number of aromatic hydroxyl groups is 1. The molecule has 0 bridgehead atoms. The highest BCUT2D eigenvalue weighted by Gasteiger charge is 2.17. The first kappa shape index (κ1) is 11.4. The molecule has 78 valence electrons. The smallest absolute Gasteiger partial charge is 0.201 e. The Bertz CT molecular complexity index is 353. The average Bonchev–Trinajstić information content (AvgIpc) is 2.10. The highest BCUT2D eigenvalue weighted by atomic mass is 79.9. The molecule has 1 aromatic carbocycles. The molecule has 0 amide bonds. The van der Waals surface area contributed by atoms with Gasteiger partial charge in [-0.1, -0.05) is 0 Å². The van der Waals surface area contributed by atoms with Crippen LogP contribution in [0.5, 0.6) is 5.75 Å². The zero-order valence-corrected chi connectivity index (χ0v) is 8.98. The third-order valence-corrected chi connectivity index (χ3v) is 2.33. The number of benzene rings is 1. The topological polar surface area (TPSA) is 40.5 Å². The summed E-state index contributed by atoms with van der Waals surface area (Å²) in [6.07, 6.45) is -0.762. The lowest BCUT2D eigenvalue weighted by Crippen LogP contribution is -2.07. The van der Waals surface area contributed by atoms with Crippen LogP contribution in [-0.2, 0) is 6.42 Å². The van der Waals surface area contributed by atoms with Gasteiger partial charge in [-0.25, -0.2) is 4.39 Å². The Morgan fingerprint density at radius 2 is 2.00 bits per heavy atom. The lowest BCUT2D eigenvalue weighted by Gasteiger charge is -2.08. The Hall–Kier alpha value is -0.680. The lowest BCUT2D eigenvalue weighted by atomic mass is 10.1. The maximum atomic E-state index is 13.1. The summed E-state index contributed by atoms with van der Waals surface area (Å²) >= 11 is 2.88. The first-order valence-electron chi connectivity index (χ1n) is 3.97. The van der Waals surface area contributed by atoms with E-state index in [1.54, 1.807) is 0 Å². The van der Waals surface area contributed by atoms with Crippen LogP contribution < -0.4 is 0 Å². The summed E-state index contributed by atoms with van der Waals surface area (Å²) in [5, 5.41) is 18.0. The van der Waals surface area contributed by atoms with E-state index in [0.717, 1.165) is 0 Å². The molecule has 1 aromatic rings. The Kier molecular flexibility index (Phi) is 3.44. The van der Waals surface area contributed by atoms with E-state index < -0.39 is 23.5 Å². The molecule has 14 heavy (non-hydrogen) atoms. The number of aliphatic hydroxyl groups is 1. The molecule has 0 aliphatic rings. The predicted octanol–water partition coefficient (Wildman–Crippen LogP) is 2.36. The van der Waals surface area contributed by atoms with Crippen molar-refractivity contribution in [1.82, 2.24) is 0 Å². The van der Waals surface area contributed by atoms with Gasteiger partial charge in [0, 0.05) is 6.42 Å². The van der Waals surface area contributed by atoms with E-state index in [2.05, 4.69) is 15.9 Å². The predicted molar refractivity (Wildman–Crippen MR) is 51.1 cm³/mol. The van der Waals surface area contributed by atoms with Crippen LogP contribution in [0, 0.1) is 11.6 Å². The van der Waals surface area contributed by atoms with Crippen molar-refractivity contribution in [3.63, 3.8) is 0 Å². The average molecular weight is 267 g/mol. The van der Waals surface area contributed by atoms with E-state index in [4.69, 9.17) is 10.2 Å². The molecule has 0 aliphatic heterocycles. The van der Waals surface area contributed by atoms with Crippen molar-refractivity contribution in [3.05, 3.63) is 27.7 Å². The molecule has 0 saturated heterocycles. The van der Waals surface area contributed by atoms with Crippen LogP contribution in [-0.4, -0.2) is 16.3 Å². The fourth-order valence-corrected chi connectivity index (χ4v) is 1.55. The number of aliphatic hydroxyl groups excluding tert-OH is 1. The van der Waals surface area contributed by atoms with Gasteiger partial charge in [-0.3, -0.25) is 0 Å². The number of phenolic OH excluding ortho intramolecular Hbond substituents is 1. The van der Waals surface area contributed by atoms with E-state index in [9.17, 15) is 8.78 Å². The Labute approximate surface area is 88.3 Å². The molecular weight excluding hydrogens is 258 g/mol. The Morgan fingerprint density at radius 3 is 2.50 bits per heavy atom. The van der Waals surface area contributed by atoms with Crippen LogP contribution in [0.3, 0.4) is 0 Å². The first-order valence-corrected chi connectivity index (χ1v) is 4.76. The van der Waals surface area contributed by atoms with Gasteiger partial charge in [-0.15, -0.1) is 0 Å². The van der Waals surface area contributed by atoms with Crippen molar-refractivity contribution in [3.8, 4) is 5.75 Å². The fourth-order valence-electron chi connectivity index (χ4n) is 1.10. The van der Waals surface area contributed by atoms with E-state index in [1.165, 1.54) is 13.0 Å². The Morgan fingerprint density at radius 1 is 1.43 bits per heavy atom. The largest absolute Gasteiger partial charge is 0.504 e. The number of halogens is 3. The van der Waals surface area contributed by atoms with Crippen LogP contribution in [0.15, 0.2) is 10.5 Å². The second-order valence-electron chi connectivity index (χ2n) is 3.05. The highest BCUT2D eigenvalue weighted by Crippen LogP contribution is 2.31. The monoisotopic (exact) mass is 266 g/mol.